The third-order valence-electron chi connectivity index (χ3n) is 1.07. The topological polar surface area (TPSA) is 58.2 Å². The smallest absolute Gasteiger partial charge is 0.321 e. The van der Waals surface area contributed by atoms with Gasteiger partial charge in [-0.2, -0.15) is 12.6 Å². The molecule has 0 saturated carbocycles. The zero-order chi connectivity index (χ0) is 9.56. The largest absolute Gasteiger partial charge is 0.338 e. The SMILES string of the molecule is CC(C)CNC(=O)NC(=O)CS. The van der Waals surface area contributed by atoms with Crippen LogP contribution in [-0.4, -0.2) is 24.2 Å². The second-order valence-electron chi connectivity index (χ2n) is 2.81. The Labute approximate surface area is 77.5 Å². The highest BCUT2D eigenvalue weighted by Crippen LogP contribution is 1.86. The molecule has 0 spiro atoms. The van der Waals surface area contributed by atoms with Crippen molar-refractivity contribution in [3.63, 3.8) is 0 Å². The number of rotatable bonds is 3. The fourth-order valence-corrected chi connectivity index (χ4v) is 0.586. The summed E-state index contributed by atoms with van der Waals surface area (Å²) in [7, 11) is 0. The number of amides is 3. The van der Waals surface area contributed by atoms with Crippen LogP contribution in [0.3, 0.4) is 0 Å². The number of urea groups is 1. The van der Waals surface area contributed by atoms with Gasteiger partial charge < -0.3 is 5.32 Å². The Balaban J connectivity index is 3.53. The van der Waals surface area contributed by atoms with Crippen LogP contribution in [0.2, 0.25) is 0 Å². The second kappa shape index (κ2) is 5.88. The van der Waals surface area contributed by atoms with E-state index in [0.717, 1.165) is 0 Å². The van der Waals surface area contributed by atoms with Crippen molar-refractivity contribution in [3.8, 4) is 0 Å². The summed E-state index contributed by atoms with van der Waals surface area (Å²) in [6, 6.07) is -0.456. The van der Waals surface area contributed by atoms with E-state index >= 15 is 0 Å². The molecule has 0 aliphatic rings. The van der Waals surface area contributed by atoms with Gasteiger partial charge in [-0.25, -0.2) is 4.79 Å². The number of hydrogen-bond acceptors (Lipinski definition) is 3. The highest BCUT2D eigenvalue weighted by Gasteiger charge is 2.04. The summed E-state index contributed by atoms with van der Waals surface area (Å²) in [5.74, 6) is 0.0104. The van der Waals surface area contributed by atoms with Crippen LogP contribution in [0.15, 0.2) is 0 Å². The van der Waals surface area contributed by atoms with Crippen molar-refractivity contribution in [2.24, 2.45) is 5.92 Å². The van der Waals surface area contributed by atoms with Crippen LogP contribution >= 0.6 is 12.6 Å². The van der Waals surface area contributed by atoms with E-state index in [1.54, 1.807) is 0 Å². The Kier molecular flexibility index (Phi) is 5.53. The summed E-state index contributed by atoms with van der Waals surface area (Å²) >= 11 is 3.71. The summed E-state index contributed by atoms with van der Waals surface area (Å²) < 4.78 is 0. The Bertz CT molecular complexity index is 171. The van der Waals surface area contributed by atoms with Crippen LogP contribution in [0.25, 0.3) is 0 Å². The molecule has 0 fully saturated rings. The highest BCUT2D eigenvalue weighted by molar-refractivity contribution is 7.81. The van der Waals surface area contributed by atoms with Crippen molar-refractivity contribution < 1.29 is 9.59 Å². The molecule has 0 bridgehead atoms. The first-order valence-corrected chi connectivity index (χ1v) is 4.38. The van der Waals surface area contributed by atoms with Gasteiger partial charge in [0.25, 0.3) is 0 Å². The summed E-state index contributed by atoms with van der Waals surface area (Å²) in [6.45, 7) is 4.51. The lowest BCUT2D eigenvalue weighted by atomic mass is 10.2. The van der Waals surface area contributed by atoms with Gasteiger partial charge in [0.1, 0.15) is 0 Å². The zero-order valence-electron chi connectivity index (χ0n) is 7.26. The first-order valence-electron chi connectivity index (χ1n) is 3.74. The number of thiol groups is 1. The molecule has 5 heteroatoms. The predicted octanol–water partition coefficient (Wildman–Crippen LogP) is 0.398. The van der Waals surface area contributed by atoms with E-state index in [-0.39, 0.29) is 11.7 Å². The normalized spacial score (nSPS) is 9.67. The molecular weight excluding hydrogens is 176 g/mol. The fraction of sp³-hybridized carbons (Fsp3) is 0.714. The van der Waals surface area contributed by atoms with Gasteiger partial charge in [-0.05, 0) is 5.92 Å². The molecule has 12 heavy (non-hydrogen) atoms. The van der Waals surface area contributed by atoms with E-state index in [4.69, 9.17) is 0 Å². The minimum atomic E-state index is -0.456. The molecule has 2 N–H and O–H groups in total. The van der Waals surface area contributed by atoms with Crippen LogP contribution in [-0.2, 0) is 4.79 Å². The number of carbonyl (C=O) groups is 2. The Morgan fingerprint density at radius 3 is 2.42 bits per heavy atom. The van der Waals surface area contributed by atoms with Gasteiger partial charge in [-0.3, -0.25) is 10.1 Å². The summed E-state index contributed by atoms with van der Waals surface area (Å²) in [5.41, 5.74) is 0. The Morgan fingerprint density at radius 2 is 2.00 bits per heavy atom. The lowest BCUT2D eigenvalue weighted by Gasteiger charge is -2.07. The molecule has 4 nitrogen and oxygen atoms in total. The molecule has 0 atom stereocenters. The van der Waals surface area contributed by atoms with Crippen LogP contribution in [0.1, 0.15) is 13.8 Å². The van der Waals surface area contributed by atoms with E-state index in [1.165, 1.54) is 0 Å². The second-order valence-corrected chi connectivity index (χ2v) is 3.13. The highest BCUT2D eigenvalue weighted by atomic mass is 32.1. The third-order valence-corrected chi connectivity index (χ3v) is 1.35. The van der Waals surface area contributed by atoms with Crippen molar-refractivity contribution in [3.05, 3.63) is 0 Å². The molecule has 0 radical (unpaired) electrons. The number of hydrogen-bond donors (Lipinski definition) is 3. The molecule has 0 aromatic rings. The Morgan fingerprint density at radius 1 is 1.42 bits per heavy atom. The summed E-state index contributed by atoms with van der Waals surface area (Å²) in [4.78, 5) is 21.5. The van der Waals surface area contributed by atoms with Gasteiger partial charge in [-0.15, -0.1) is 0 Å². The van der Waals surface area contributed by atoms with Crippen LogP contribution in [0, 0.1) is 5.92 Å². The molecule has 70 valence electrons. The number of imide groups is 1. The van der Waals surface area contributed by atoms with Crippen molar-refractivity contribution in [1.29, 1.82) is 0 Å². The minimum Gasteiger partial charge on any atom is -0.338 e. The maximum Gasteiger partial charge on any atom is 0.321 e. The molecule has 0 aromatic heterocycles. The van der Waals surface area contributed by atoms with Crippen LogP contribution < -0.4 is 10.6 Å². The maximum atomic E-state index is 10.8. The summed E-state index contributed by atoms with van der Waals surface area (Å²) in [6.07, 6.45) is 0. The van der Waals surface area contributed by atoms with E-state index in [0.29, 0.717) is 12.5 Å². The van der Waals surface area contributed by atoms with Crippen LogP contribution in [0.5, 0.6) is 0 Å². The van der Waals surface area contributed by atoms with Gasteiger partial charge in [0.2, 0.25) is 5.91 Å². The molecule has 0 aliphatic carbocycles. The van der Waals surface area contributed by atoms with E-state index in [9.17, 15) is 9.59 Å². The molecule has 0 unspecified atom stereocenters. The molecule has 0 saturated heterocycles. The average Bonchev–Trinajstić information content (AvgIpc) is 2.00. The molecular formula is C7H14N2O2S. The standard InChI is InChI=1S/C7H14N2O2S/c1-5(2)3-8-7(11)9-6(10)4-12/h5,12H,3-4H2,1-2H3,(H2,8,9,10,11). The van der Waals surface area contributed by atoms with Gasteiger partial charge in [-0.1, -0.05) is 13.8 Å². The first kappa shape index (κ1) is 11.3. The van der Waals surface area contributed by atoms with Crippen molar-refractivity contribution in [1.82, 2.24) is 10.6 Å². The molecule has 0 heterocycles. The molecule has 0 aliphatic heterocycles. The molecule has 3 amide bonds. The number of carbonyl (C=O) groups excluding carboxylic acids is 2. The van der Waals surface area contributed by atoms with E-state index < -0.39 is 6.03 Å². The van der Waals surface area contributed by atoms with Crippen molar-refractivity contribution >= 4 is 24.6 Å². The van der Waals surface area contributed by atoms with Crippen molar-refractivity contribution in [2.75, 3.05) is 12.3 Å². The van der Waals surface area contributed by atoms with Gasteiger partial charge in [0.15, 0.2) is 0 Å². The first-order chi connectivity index (χ1) is 5.56. The van der Waals surface area contributed by atoms with E-state index in [1.807, 2.05) is 13.8 Å². The maximum absolute atomic E-state index is 10.8. The minimum absolute atomic E-state index is 0.0229. The zero-order valence-corrected chi connectivity index (χ0v) is 8.15. The molecule has 0 aromatic carbocycles. The van der Waals surface area contributed by atoms with Crippen molar-refractivity contribution in [2.45, 2.75) is 13.8 Å². The third kappa shape index (κ3) is 6.03. The Hall–Kier alpha value is -0.710. The van der Waals surface area contributed by atoms with Gasteiger partial charge >= 0.3 is 6.03 Å². The average molecular weight is 190 g/mol. The van der Waals surface area contributed by atoms with E-state index in [2.05, 4.69) is 23.3 Å². The van der Waals surface area contributed by atoms with Gasteiger partial charge in [0.05, 0.1) is 5.75 Å². The lowest BCUT2D eigenvalue weighted by Crippen LogP contribution is -2.41. The summed E-state index contributed by atoms with van der Waals surface area (Å²) in [5, 5.41) is 4.66. The fourth-order valence-electron chi connectivity index (χ4n) is 0.507. The predicted molar refractivity (Wildman–Crippen MR) is 50.2 cm³/mol. The lowest BCUT2D eigenvalue weighted by molar-refractivity contribution is -0.117. The van der Waals surface area contributed by atoms with Gasteiger partial charge in [0, 0.05) is 6.54 Å². The van der Waals surface area contributed by atoms with Crippen LogP contribution in [0.4, 0.5) is 4.79 Å². The quantitative estimate of drug-likeness (QED) is 0.564. The molecule has 0 rings (SSSR count). The number of nitrogens with one attached hydrogen (secondary N) is 2. The monoisotopic (exact) mass is 190 g/mol.